The third kappa shape index (κ3) is 4.37. The lowest BCUT2D eigenvalue weighted by Gasteiger charge is -2.35. The highest BCUT2D eigenvalue weighted by atomic mass is 35.5. The Balaban J connectivity index is 0.00000180. The zero-order valence-corrected chi connectivity index (χ0v) is 13.6. The van der Waals surface area contributed by atoms with Crippen LogP contribution in [0.1, 0.15) is 24.9 Å². The zero-order valence-electron chi connectivity index (χ0n) is 11.2. The van der Waals surface area contributed by atoms with Crippen molar-refractivity contribution in [3.05, 3.63) is 28.5 Å². The lowest BCUT2D eigenvalue weighted by atomic mass is 10.0. The van der Waals surface area contributed by atoms with E-state index in [-0.39, 0.29) is 41.6 Å². The van der Waals surface area contributed by atoms with Gasteiger partial charge in [-0.25, -0.2) is 4.39 Å². The molecule has 1 aromatic rings. The lowest BCUT2D eigenvalue weighted by molar-refractivity contribution is 0.166. The fourth-order valence-electron chi connectivity index (χ4n) is 2.51. The van der Waals surface area contributed by atoms with Crippen molar-refractivity contribution in [2.75, 3.05) is 26.2 Å². The molecule has 1 saturated heterocycles. The summed E-state index contributed by atoms with van der Waals surface area (Å²) in [6.45, 7) is 5.66. The highest BCUT2D eigenvalue weighted by Gasteiger charge is 2.24. The molecule has 0 radical (unpaired) electrons. The highest BCUT2D eigenvalue weighted by Crippen LogP contribution is 2.36. The third-order valence-corrected chi connectivity index (χ3v) is 3.68. The minimum atomic E-state index is -0.401. The predicted octanol–water partition coefficient (Wildman–Crippen LogP) is 3.38. The van der Waals surface area contributed by atoms with Gasteiger partial charge < -0.3 is 10.4 Å². The van der Waals surface area contributed by atoms with Gasteiger partial charge in [0, 0.05) is 37.8 Å². The molecule has 0 bridgehead atoms. The third-order valence-electron chi connectivity index (χ3n) is 3.40. The van der Waals surface area contributed by atoms with Crippen molar-refractivity contribution in [2.45, 2.75) is 19.4 Å². The lowest BCUT2D eigenvalue weighted by Crippen LogP contribution is -2.45. The molecule has 1 fully saturated rings. The van der Waals surface area contributed by atoms with Gasteiger partial charge in [-0.15, -0.1) is 24.8 Å². The minimum Gasteiger partial charge on any atom is -0.506 e. The topological polar surface area (TPSA) is 35.5 Å². The van der Waals surface area contributed by atoms with Crippen molar-refractivity contribution < 1.29 is 9.50 Å². The number of piperazine rings is 1. The van der Waals surface area contributed by atoms with Crippen LogP contribution in [0.25, 0.3) is 0 Å². The molecule has 7 heteroatoms. The van der Waals surface area contributed by atoms with Crippen molar-refractivity contribution in [2.24, 2.45) is 0 Å². The monoisotopic (exact) mass is 344 g/mol. The first-order chi connectivity index (χ1) is 8.63. The summed E-state index contributed by atoms with van der Waals surface area (Å²) in [4.78, 5) is 2.25. The average Bonchev–Trinajstić information content (AvgIpc) is 2.37. The van der Waals surface area contributed by atoms with E-state index in [0.717, 1.165) is 38.7 Å². The zero-order chi connectivity index (χ0) is 13.1. The molecule has 3 nitrogen and oxygen atoms in total. The number of hydrogen-bond acceptors (Lipinski definition) is 3. The maximum Gasteiger partial charge on any atom is 0.139 e. The van der Waals surface area contributed by atoms with Gasteiger partial charge >= 0.3 is 0 Å². The Kier molecular flexibility index (Phi) is 8.79. The first-order valence-corrected chi connectivity index (χ1v) is 6.64. The Labute approximate surface area is 136 Å². The first-order valence-electron chi connectivity index (χ1n) is 6.26. The molecular formula is C13H20Cl3FN2O. The van der Waals surface area contributed by atoms with E-state index in [4.69, 9.17) is 11.6 Å². The number of phenolic OH excluding ortho intramolecular Hbond substituents is 1. The maximum atomic E-state index is 13.4. The fraction of sp³-hybridized carbons (Fsp3) is 0.538. The van der Waals surface area contributed by atoms with Gasteiger partial charge in [-0.3, -0.25) is 4.90 Å². The molecule has 0 amide bonds. The molecule has 0 aliphatic carbocycles. The minimum absolute atomic E-state index is 0. The van der Waals surface area contributed by atoms with E-state index < -0.39 is 5.82 Å². The van der Waals surface area contributed by atoms with Gasteiger partial charge in [0.1, 0.15) is 11.6 Å². The number of phenols is 1. The number of halogens is 4. The summed E-state index contributed by atoms with van der Waals surface area (Å²) in [7, 11) is 0. The number of benzene rings is 1. The summed E-state index contributed by atoms with van der Waals surface area (Å²) >= 11 is 5.84. The highest BCUT2D eigenvalue weighted by molar-refractivity contribution is 6.32. The van der Waals surface area contributed by atoms with E-state index in [1.165, 1.54) is 6.07 Å². The SMILES string of the molecule is CC[C@@H](c1cc(F)cc(Cl)c1O)N1CCNCC1.Cl.Cl. The van der Waals surface area contributed by atoms with Crippen LogP contribution in [-0.2, 0) is 0 Å². The molecule has 1 aliphatic rings. The standard InChI is InChI=1S/C13H18ClFN2O.2ClH/c1-2-12(17-5-3-16-4-6-17)10-7-9(15)8-11(14)13(10)18;;/h7-8,12,16,18H,2-6H2,1H3;2*1H/t12-;;/m0../s1. The van der Waals surface area contributed by atoms with Crippen molar-refractivity contribution in [1.82, 2.24) is 10.2 Å². The first kappa shape index (κ1) is 19.7. The van der Waals surface area contributed by atoms with Crippen LogP contribution in [0.15, 0.2) is 12.1 Å². The Morgan fingerprint density at radius 2 is 1.95 bits per heavy atom. The summed E-state index contributed by atoms with van der Waals surface area (Å²) in [5, 5.41) is 13.4. The van der Waals surface area contributed by atoms with Gasteiger partial charge in [0.2, 0.25) is 0 Å². The van der Waals surface area contributed by atoms with Crippen LogP contribution in [0.3, 0.4) is 0 Å². The molecule has 1 atom stereocenters. The molecule has 20 heavy (non-hydrogen) atoms. The second-order valence-corrected chi connectivity index (χ2v) is 4.94. The molecule has 0 aromatic heterocycles. The fourth-order valence-corrected chi connectivity index (χ4v) is 2.72. The van der Waals surface area contributed by atoms with Crippen LogP contribution in [0.5, 0.6) is 5.75 Å². The van der Waals surface area contributed by atoms with Crippen LogP contribution >= 0.6 is 36.4 Å². The van der Waals surface area contributed by atoms with E-state index in [1.807, 2.05) is 6.92 Å². The number of aromatic hydroxyl groups is 1. The predicted molar refractivity (Wildman–Crippen MR) is 85.0 cm³/mol. The molecule has 0 saturated carbocycles. The van der Waals surface area contributed by atoms with Crippen LogP contribution in [0.4, 0.5) is 4.39 Å². The second-order valence-electron chi connectivity index (χ2n) is 4.54. The summed E-state index contributed by atoms with van der Waals surface area (Å²) < 4.78 is 13.4. The van der Waals surface area contributed by atoms with E-state index in [2.05, 4.69) is 10.2 Å². The number of nitrogens with one attached hydrogen (secondary N) is 1. The van der Waals surface area contributed by atoms with Crippen LogP contribution < -0.4 is 5.32 Å². The van der Waals surface area contributed by atoms with Crippen LogP contribution in [-0.4, -0.2) is 36.2 Å². The number of nitrogens with zero attached hydrogens (tertiary/aromatic N) is 1. The molecule has 2 N–H and O–H groups in total. The summed E-state index contributed by atoms with van der Waals surface area (Å²) in [5.41, 5.74) is 0.587. The second kappa shape index (κ2) is 8.90. The van der Waals surface area contributed by atoms with Gasteiger partial charge in [-0.1, -0.05) is 18.5 Å². The van der Waals surface area contributed by atoms with E-state index in [9.17, 15) is 9.50 Å². The van der Waals surface area contributed by atoms with Crippen molar-refractivity contribution >= 4 is 36.4 Å². The maximum absolute atomic E-state index is 13.4. The smallest absolute Gasteiger partial charge is 0.139 e. The van der Waals surface area contributed by atoms with Crippen molar-refractivity contribution in [1.29, 1.82) is 0 Å². The van der Waals surface area contributed by atoms with Gasteiger partial charge in [0.15, 0.2) is 0 Å². The Hall–Kier alpha value is -0.260. The molecule has 0 spiro atoms. The van der Waals surface area contributed by atoms with Crippen LogP contribution in [0, 0.1) is 5.82 Å². The van der Waals surface area contributed by atoms with Gasteiger partial charge in [0.25, 0.3) is 0 Å². The normalized spacial score (nSPS) is 16.9. The molecule has 1 aliphatic heterocycles. The summed E-state index contributed by atoms with van der Waals surface area (Å²) in [5.74, 6) is -0.398. The molecule has 1 heterocycles. The molecule has 2 rings (SSSR count). The molecule has 1 aromatic carbocycles. The van der Waals surface area contributed by atoms with E-state index in [1.54, 1.807) is 0 Å². The Bertz CT molecular complexity index is 428. The molecule has 116 valence electrons. The summed E-state index contributed by atoms with van der Waals surface area (Å²) in [6.07, 6.45) is 0.813. The largest absolute Gasteiger partial charge is 0.506 e. The molecular weight excluding hydrogens is 326 g/mol. The van der Waals surface area contributed by atoms with Crippen molar-refractivity contribution in [3.63, 3.8) is 0 Å². The van der Waals surface area contributed by atoms with Gasteiger partial charge in [-0.2, -0.15) is 0 Å². The number of hydrogen-bond donors (Lipinski definition) is 2. The Morgan fingerprint density at radius 1 is 1.35 bits per heavy atom. The number of rotatable bonds is 3. The van der Waals surface area contributed by atoms with Crippen molar-refractivity contribution in [3.8, 4) is 5.75 Å². The Morgan fingerprint density at radius 3 is 2.50 bits per heavy atom. The summed E-state index contributed by atoms with van der Waals surface area (Å²) in [6, 6.07) is 2.54. The quantitative estimate of drug-likeness (QED) is 0.881. The average molecular weight is 346 g/mol. The van der Waals surface area contributed by atoms with E-state index >= 15 is 0 Å². The van der Waals surface area contributed by atoms with E-state index in [0.29, 0.717) is 5.56 Å². The molecule has 0 unspecified atom stereocenters. The van der Waals surface area contributed by atoms with Gasteiger partial charge in [-0.05, 0) is 18.6 Å². The van der Waals surface area contributed by atoms with Crippen LogP contribution in [0.2, 0.25) is 5.02 Å². The van der Waals surface area contributed by atoms with Gasteiger partial charge in [0.05, 0.1) is 5.02 Å².